The smallest absolute Gasteiger partial charge is 0.191 e. The van der Waals surface area contributed by atoms with E-state index in [2.05, 4.69) is 54.3 Å². The number of nitrogens with zero attached hydrogens (tertiary/aromatic N) is 3. The Morgan fingerprint density at radius 2 is 1.74 bits per heavy atom. The molecule has 0 spiro atoms. The molecular weight excluding hydrogens is 505 g/mol. The Hall–Kier alpha value is -1.10. The van der Waals surface area contributed by atoms with E-state index >= 15 is 0 Å². The van der Waals surface area contributed by atoms with Gasteiger partial charge >= 0.3 is 0 Å². The Morgan fingerprint density at radius 1 is 1.00 bits per heavy atom. The first kappa shape index (κ1) is 29.9. The van der Waals surface area contributed by atoms with Crippen LogP contribution in [-0.2, 0) is 11.3 Å². The lowest BCUT2D eigenvalue weighted by molar-refractivity contribution is 0.180. The van der Waals surface area contributed by atoms with Crippen molar-refractivity contribution in [3.8, 4) is 5.75 Å². The van der Waals surface area contributed by atoms with Gasteiger partial charge in [-0.2, -0.15) is 0 Å². The largest absolute Gasteiger partial charge is 0.492 e. The fourth-order valence-corrected chi connectivity index (χ4v) is 3.06. The third kappa shape index (κ3) is 13.8. The van der Waals surface area contributed by atoms with Gasteiger partial charge in [0, 0.05) is 52.0 Å². The molecule has 0 aliphatic carbocycles. The number of likely N-dealkylation sites (N-methyl/N-ethyl adjacent to an activating group) is 2. The van der Waals surface area contributed by atoms with Crippen LogP contribution in [0.1, 0.15) is 32.8 Å². The van der Waals surface area contributed by atoms with Crippen LogP contribution >= 0.6 is 24.0 Å². The fraction of sp³-hybridized carbons (Fsp3) is 0.696. The van der Waals surface area contributed by atoms with E-state index in [9.17, 15) is 0 Å². The van der Waals surface area contributed by atoms with Gasteiger partial charge in [0.15, 0.2) is 5.96 Å². The van der Waals surface area contributed by atoms with Gasteiger partial charge in [0.2, 0.25) is 0 Å². The van der Waals surface area contributed by atoms with Crippen molar-refractivity contribution in [3.63, 3.8) is 0 Å². The molecule has 0 saturated heterocycles. The van der Waals surface area contributed by atoms with Crippen LogP contribution in [0.25, 0.3) is 0 Å². The molecule has 0 amide bonds. The van der Waals surface area contributed by atoms with Crippen LogP contribution in [0.5, 0.6) is 5.75 Å². The van der Waals surface area contributed by atoms with E-state index in [1.807, 2.05) is 18.2 Å². The average Bonchev–Trinajstić information content (AvgIpc) is 2.76. The minimum atomic E-state index is 0. The maximum Gasteiger partial charge on any atom is 0.191 e. The number of hydrogen-bond acceptors (Lipinski definition) is 5. The molecular formula is C23H44IN5O2. The summed E-state index contributed by atoms with van der Waals surface area (Å²) >= 11 is 0. The SMILES string of the molecule is CCNC(=NCc1ccccc1OCCN(CC)CC)NCCN(C)CCCOC.I. The van der Waals surface area contributed by atoms with E-state index in [0.717, 1.165) is 76.1 Å². The molecule has 1 rings (SSSR count). The van der Waals surface area contributed by atoms with Crippen molar-refractivity contribution in [2.45, 2.75) is 33.7 Å². The monoisotopic (exact) mass is 549 g/mol. The van der Waals surface area contributed by atoms with Crippen LogP contribution in [0.2, 0.25) is 0 Å². The van der Waals surface area contributed by atoms with Gasteiger partial charge in [-0.05, 0) is 39.5 Å². The number of methoxy groups -OCH3 is 1. The zero-order valence-electron chi connectivity index (χ0n) is 20.2. The number of hydrogen-bond donors (Lipinski definition) is 2. The van der Waals surface area contributed by atoms with Crippen LogP contribution in [0, 0.1) is 0 Å². The zero-order chi connectivity index (χ0) is 22.0. The quantitative estimate of drug-likeness (QED) is 0.143. The number of ether oxygens (including phenoxy) is 2. The molecule has 31 heavy (non-hydrogen) atoms. The molecule has 8 heteroatoms. The van der Waals surface area contributed by atoms with Crippen LogP contribution < -0.4 is 15.4 Å². The number of nitrogens with one attached hydrogen (secondary N) is 2. The first-order valence-corrected chi connectivity index (χ1v) is 11.3. The number of rotatable bonds is 16. The summed E-state index contributed by atoms with van der Waals surface area (Å²) in [5.41, 5.74) is 1.10. The Morgan fingerprint density at radius 3 is 2.42 bits per heavy atom. The third-order valence-corrected chi connectivity index (χ3v) is 4.96. The lowest BCUT2D eigenvalue weighted by Crippen LogP contribution is -2.41. The lowest BCUT2D eigenvalue weighted by atomic mass is 10.2. The average molecular weight is 550 g/mol. The zero-order valence-corrected chi connectivity index (χ0v) is 22.5. The summed E-state index contributed by atoms with van der Waals surface area (Å²) in [5.74, 6) is 1.75. The minimum Gasteiger partial charge on any atom is -0.492 e. The van der Waals surface area contributed by atoms with Gasteiger partial charge in [-0.15, -0.1) is 24.0 Å². The van der Waals surface area contributed by atoms with Gasteiger partial charge in [0.05, 0.1) is 6.54 Å². The standard InChI is InChI=1S/C23H43N5O2.HI/c1-6-24-23(25-14-16-27(4)15-11-18-29-5)26-20-21-12-9-10-13-22(21)30-19-17-28(7-2)8-3;/h9-10,12-13H,6-8,11,14-20H2,1-5H3,(H2,24,25,26);1H. The van der Waals surface area contributed by atoms with Gasteiger partial charge in [-0.3, -0.25) is 0 Å². The van der Waals surface area contributed by atoms with E-state index < -0.39 is 0 Å². The highest BCUT2D eigenvalue weighted by molar-refractivity contribution is 14.0. The van der Waals surface area contributed by atoms with Gasteiger partial charge in [-0.1, -0.05) is 32.0 Å². The Bertz CT molecular complexity index is 585. The van der Waals surface area contributed by atoms with Gasteiger partial charge in [0.1, 0.15) is 12.4 Å². The third-order valence-electron chi connectivity index (χ3n) is 4.96. The number of aliphatic imine (C=N–C) groups is 1. The molecule has 0 atom stereocenters. The van der Waals surface area contributed by atoms with Crippen LogP contribution in [-0.4, -0.2) is 88.9 Å². The summed E-state index contributed by atoms with van der Waals surface area (Å²) in [7, 11) is 3.88. The lowest BCUT2D eigenvalue weighted by Gasteiger charge is -2.19. The van der Waals surface area contributed by atoms with E-state index in [1.54, 1.807) is 7.11 Å². The summed E-state index contributed by atoms with van der Waals surface area (Å²) in [6.07, 6.45) is 1.05. The highest BCUT2D eigenvalue weighted by Gasteiger charge is 2.06. The molecule has 0 aromatic heterocycles. The second-order valence-corrected chi connectivity index (χ2v) is 7.25. The van der Waals surface area contributed by atoms with Crippen molar-refractivity contribution in [1.82, 2.24) is 20.4 Å². The number of para-hydroxylation sites is 1. The normalized spacial score (nSPS) is 11.5. The van der Waals surface area contributed by atoms with Crippen molar-refractivity contribution in [3.05, 3.63) is 29.8 Å². The second kappa shape index (κ2) is 19.6. The Labute approximate surface area is 207 Å². The Balaban J connectivity index is 0.00000900. The first-order chi connectivity index (χ1) is 14.6. The van der Waals surface area contributed by atoms with Crippen molar-refractivity contribution in [2.75, 3.05) is 73.2 Å². The fourth-order valence-electron chi connectivity index (χ4n) is 3.06. The van der Waals surface area contributed by atoms with Crippen LogP contribution in [0.15, 0.2) is 29.3 Å². The molecule has 0 aliphatic heterocycles. The highest BCUT2D eigenvalue weighted by atomic mass is 127. The molecule has 0 heterocycles. The van der Waals surface area contributed by atoms with E-state index in [4.69, 9.17) is 14.5 Å². The van der Waals surface area contributed by atoms with Gasteiger partial charge < -0.3 is 29.9 Å². The molecule has 0 radical (unpaired) electrons. The van der Waals surface area contributed by atoms with Crippen LogP contribution in [0.4, 0.5) is 0 Å². The number of guanidine groups is 1. The molecule has 7 nitrogen and oxygen atoms in total. The van der Waals surface area contributed by atoms with E-state index in [-0.39, 0.29) is 24.0 Å². The summed E-state index contributed by atoms with van der Waals surface area (Å²) in [6.45, 7) is 15.2. The molecule has 0 saturated carbocycles. The highest BCUT2D eigenvalue weighted by Crippen LogP contribution is 2.18. The molecule has 1 aromatic carbocycles. The maximum absolute atomic E-state index is 6.05. The summed E-state index contributed by atoms with van der Waals surface area (Å²) in [4.78, 5) is 9.42. The molecule has 2 N–H and O–H groups in total. The molecule has 0 fully saturated rings. The number of halogens is 1. The molecule has 180 valence electrons. The van der Waals surface area contributed by atoms with Gasteiger partial charge in [0.25, 0.3) is 0 Å². The molecule has 0 unspecified atom stereocenters. The topological polar surface area (TPSA) is 61.4 Å². The summed E-state index contributed by atoms with van der Waals surface area (Å²) in [6, 6.07) is 8.17. The van der Waals surface area contributed by atoms with Crippen molar-refractivity contribution < 1.29 is 9.47 Å². The van der Waals surface area contributed by atoms with Crippen molar-refractivity contribution in [2.24, 2.45) is 4.99 Å². The predicted molar refractivity (Wildman–Crippen MR) is 142 cm³/mol. The maximum atomic E-state index is 6.05. The number of benzene rings is 1. The van der Waals surface area contributed by atoms with Crippen LogP contribution in [0.3, 0.4) is 0 Å². The Kier molecular flexibility index (Phi) is 18.9. The molecule has 0 aliphatic rings. The van der Waals surface area contributed by atoms with E-state index in [0.29, 0.717) is 13.2 Å². The van der Waals surface area contributed by atoms with Gasteiger partial charge in [-0.25, -0.2) is 4.99 Å². The molecule has 1 aromatic rings. The van der Waals surface area contributed by atoms with Crippen molar-refractivity contribution in [1.29, 1.82) is 0 Å². The summed E-state index contributed by atoms with van der Waals surface area (Å²) in [5, 5.41) is 6.75. The molecule has 0 bridgehead atoms. The summed E-state index contributed by atoms with van der Waals surface area (Å²) < 4.78 is 11.2. The first-order valence-electron chi connectivity index (χ1n) is 11.3. The minimum absolute atomic E-state index is 0. The van der Waals surface area contributed by atoms with E-state index in [1.165, 1.54) is 0 Å². The van der Waals surface area contributed by atoms with Crippen molar-refractivity contribution >= 4 is 29.9 Å². The predicted octanol–water partition coefficient (Wildman–Crippen LogP) is 3.05. The second-order valence-electron chi connectivity index (χ2n) is 7.25.